The molecular weight excluding hydrogens is 665 g/mol. The average Bonchev–Trinajstić information content (AvgIpc) is 3.53. The molecule has 0 saturated heterocycles. The molecule has 47 heavy (non-hydrogen) atoms. The summed E-state index contributed by atoms with van der Waals surface area (Å²) < 4.78 is 103. The topological polar surface area (TPSA) is 162 Å². The molecule has 0 radical (unpaired) electrons. The fourth-order valence-electron chi connectivity index (χ4n) is 3.50. The predicted octanol–water partition coefficient (Wildman–Crippen LogP) is 4.73. The lowest BCUT2D eigenvalue weighted by atomic mass is 10.2. The van der Waals surface area contributed by atoms with Gasteiger partial charge < -0.3 is 24.3 Å². The molecule has 0 spiro atoms. The molecule has 3 N–H and O–H groups in total. The van der Waals surface area contributed by atoms with Crippen LogP contribution in [0.5, 0.6) is 0 Å². The molecule has 1 aliphatic rings. The van der Waals surface area contributed by atoms with Gasteiger partial charge in [-0.1, -0.05) is 6.07 Å². The number of carboxylic acids is 3. The van der Waals surface area contributed by atoms with Crippen LogP contribution in [0.15, 0.2) is 47.3 Å². The number of aryl methyl sites for hydroxylation is 1. The number of alkyl halides is 9. The van der Waals surface area contributed by atoms with Gasteiger partial charge in [0.2, 0.25) is 0 Å². The van der Waals surface area contributed by atoms with Crippen LogP contribution in [-0.2, 0) is 47.1 Å². The minimum Gasteiger partial charge on any atom is -0.475 e. The van der Waals surface area contributed by atoms with Crippen molar-refractivity contribution in [2.24, 2.45) is 0 Å². The van der Waals surface area contributed by atoms with Crippen molar-refractivity contribution in [1.82, 2.24) is 24.3 Å². The Morgan fingerprint density at radius 1 is 0.872 bits per heavy atom. The number of hydrogen-bond acceptors (Lipinski definition) is 8. The van der Waals surface area contributed by atoms with Crippen LogP contribution in [0, 0.1) is 6.92 Å². The molecular formula is C26H28F9N5O7. The molecule has 0 atom stereocenters. The highest BCUT2D eigenvalue weighted by molar-refractivity contribution is 5.73. The number of halogens is 9. The summed E-state index contributed by atoms with van der Waals surface area (Å²) >= 11 is 0. The molecule has 0 unspecified atom stereocenters. The van der Waals surface area contributed by atoms with Crippen molar-refractivity contribution in [1.29, 1.82) is 0 Å². The summed E-state index contributed by atoms with van der Waals surface area (Å²) in [5.74, 6) is -5.13. The molecule has 12 nitrogen and oxygen atoms in total. The van der Waals surface area contributed by atoms with Crippen molar-refractivity contribution < 1.29 is 73.6 Å². The number of aromatic nitrogens is 3. The van der Waals surface area contributed by atoms with E-state index in [9.17, 15) is 39.5 Å². The monoisotopic (exact) mass is 693 g/mol. The Bertz CT molecular complexity index is 1380. The van der Waals surface area contributed by atoms with Crippen LogP contribution in [0.1, 0.15) is 28.6 Å². The smallest absolute Gasteiger partial charge is 0.475 e. The molecule has 0 amide bonds. The molecule has 4 rings (SSSR count). The first-order chi connectivity index (χ1) is 21.5. The highest BCUT2D eigenvalue weighted by atomic mass is 19.4. The minimum absolute atomic E-state index is 0.840. The normalized spacial score (nSPS) is 13.2. The number of pyridine rings is 1. The predicted molar refractivity (Wildman–Crippen MR) is 140 cm³/mol. The Morgan fingerprint density at radius 3 is 1.83 bits per heavy atom. The number of carbonyl (C=O) groups is 3. The lowest BCUT2D eigenvalue weighted by Crippen LogP contribution is -2.33. The van der Waals surface area contributed by atoms with Gasteiger partial charge in [-0.2, -0.15) is 39.5 Å². The summed E-state index contributed by atoms with van der Waals surface area (Å²) in [6, 6.07) is 8.18. The van der Waals surface area contributed by atoms with Crippen LogP contribution in [0.4, 0.5) is 39.5 Å². The summed E-state index contributed by atoms with van der Waals surface area (Å²) in [6.07, 6.45) is -9.32. The summed E-state index contributed by atoms with van der Waals surface area (Å²) in [7, 11) is 2.12. The van der Waals surface area contributed by atoms with Crippen molar-refractivity contribution in [2.75, 3.05) is 13.6 Å². The van der Waals surface area contributed by atoms with Crippen LogP contribution in [0.2, 0.25) is 0 Å². The Hall–Kier alpha value is -4.66. The second-order valence-corrected chi connectivity index (χ2v) is 9.51. The maximum absolute atomic E-state index is 10.6. The Morgan fingerprint density at radius 2 is 1.40 bits per heavy atom. The Labute approximate surface area is 259 Å². The van der Waals surface area contributed by atoms with E-state index in [-0.39, 0.29) is 0 Å². The Balaban J connectivity index is 0.000000430. The third-order valence-corrected chi connectivity index (χ3v) is 5.44. The number of nitrogens with zero attached hydrogens (tertiary/aromatic N) is 5. The summed E-state index contributed by atoms with van der Waals surface area (Å²) in [5, 5.41) is 21.4. The van der Waals surface area contributed by atoms with E-state index in [0.29, 0.717) is 0 Å². The van der Waals surface area contributed by atoms with E-state index in [1.165, 1.54) is 5.56 Å². The largest absolute Gasteiger partial charge is 0.490 e. The molecule has 0 aromatic carbocycles. The van der Waals surface area contributed by atoms with Gasteiger partial charge in [0.15, 0.2) is 0 Å². The Kier molecular flexibility index (Phi) is 14.9. The van der Waals surface area contributed by atoms with Crippen LogP contribution in [-0.4, -0.2) is 89.7 Å². The molecule has 0 bridgehead atoms. The van der Waals surface area contributed by atoms with Crippen LogP contribution in [0.3, 0.4) is 0 Å². The first-order valence-electron chi connectivity index (χ1n) is 12.8. The number of imidazole rings is 1. The van der Waals surface area contributed by atoms with Gasteiger partial charge in [0.1, 0.15) is 17.3 Å². The summed E-state index contributed by atoms with van der Waals surface area (Å²) in [6.45, 7) is 7.42. The zero-order valence-electron chi connectivity index (χ0n) is 24.4. The quantitative estimate of drug-likeness (QED) is 0.306. The van der Waals surface area contributed by atoms with E-state index in [2.05, 4.69) is 44.7 Å². The SMILES string of the molecule is Cc1ccc(CN2CCn3cc(CN(C)Cc4cccnc4)nc3C2)o1.O=C(O)C(F)(F)F.O=C(O)C(F)(F)F.O=C(O)C(F)(F)F. The highest BCUT2D eigenvalue weighted by Gasteiger charge is 2.39. The minimum atomic E-state index is -5.08. The van der Waals surface area contributed by atoms with E-state index in [1.807, 2.05) is 31.5 Å². The van der Waals surface area contributed by atoms with Gasteiger partial charge in [-0.05, 0) is 37.7 Å². The molecule has 0 saturated carbocycles. The standard InChI is InChI=1S/C20H25N5O.3C2HF3O2/c1-16-5-6-19(26-16)14-24-8-9-25-13-18(22-20(25)15-24)12-23(2)11-17-4-3-7-21-10-17;3*3-2(4,5)1(6)7/h3-7,10,13H,8-9,11-12,14-15H2,1-2H3;3*(H,6,7). The van der Waals surface area contributed by atoms with Gasteiger partial charge in [0.05, 0.1) is 18.8 Å². The van der Waals surface area contributed by atoms with E-state index in [0.717, 1.165) is 62.3 Å². The lowest BCUT2D eigenvalue weighted by Gasteiger charge is -2.26. The van der Waals surface area contributed by atoms with E-state index < -0.39 is 36.4 Å². The van der Waals surface area contributed by atoms with Gasteiger partial charge in [-0.15, -0.1) is 0 Å². The number of rotatable bonds is 6. The average molecular weight is 694 g/mol. The van der Waals surface area contributed by atoms with E-state index >= 15 is 0 Å². The molecule has 0 aliphatic carbocycles. The molecule has 3 aromatic rings. The van der Waals surface area contributed by atoms with Gasteiger partial charge in [0, 0.05) is 44.8 Å². The van der Waals surface area contributed by atoms with Gasteiger partial charge in [0.25, 0.3) is 0 Å². The van der Waals surface area contributed by atoms with Crippen molar-refractivity contribution in [2.45, 2.75) is 58.2 Å². The van der Waals surface area contributed by atoms with Crippen molar-refractivity contribution in [3.8, 4) is 0 Å². The number of fused-ring (bicyclic) bond motifs is 1. The van der Waals surface area contributed by atoms with Gasteiger partial charge in [-0.3, -0.25) is 14.8 Å². The maximum atomic E-state index is 10.6. The number of hydrogen-bond donors (Lipinski definition) is 3. The second kappa shape index (κ2) is 17.3. The number of aliphatic carboxylic acids is 3. The first-order valence-corrected chi connectivity index (χ1v) is 12.8. The fourth-order valence-corrected chi connectivity index (χ4v) is 3.50. The van der Waals surface area contributed by atoms with Gasteiger partial charge >= 0.3 is 36.4 Å². The summed E-state index contributed by atoms with van der Waals surface area (Å²) in [5.41, 5.74) is 2.35. The molecule has 3 aromatic heterocycles. The van der Waals surface area contributed by atoms with Crippen molar-refractivity contribution >= 4 is 17.9 Å². The zero-order valence-corrected chi connectivity index (χ0v) is 24.4. The van der Waals surface area contributed by atoms with Crippen LogP contribution in [0.25, 0.3) is 0 Å². The van der Waals surface area contributed by atoms with E-state index in [1.54, 1.807) is 0 Å². The third kappa shape index (κ3) is 15.9. The number of furan rings is 1. The molecule has 0 fully saturated rings. The number of carboxylic acid groups (broad SMARTS) is 3. The van der Waals surface area contributed by atoms with Gasteiger partial charge in [-0.25, -0.2) is 19.4 Å². The molecule has 1 aliphatic heterocycles. The third-order valence-electron chi connectivity index (χ3n) is 5.44. The fraction of sp³-hybridized carbons (Fsp3) is 0.423. The van der Waals surface area contributed by atoms with Crippen molar-refractivity contribution in [3.05, 3.63) is 71.5 Å². The molecule has 21 heteroatoms. The van der Waals surface area contributed by atoms with Crippen molar-refractivity contribution in [3.63, 3.8) is 0 Å². The second-order valence-electron chi connectivity index (χ2n) is 9.51. The van der Waals surface area contributed by atoms with Crippen LogP contribution >= 0.6 is 0 Å². The lowest BCUT2D eigenvalue weighted by molar-refractivity contribution is -0.193. The first kappa shape index (κ1) is 40.4. The zero-order chi connectivity index (χ0) is 36.2. The summed E-state index contributed by atoms with van der Waals surface area (Å²) in [4.78, 5) is 40.4. The highest BCUT2D eigenvalue weighted by Crippen LogP contribution is 2.18. The maximum Gasteiger partial charge on any atom is 0.490 e. The molecule has 4 heterocycles. The molecule has 262 valence electrons. The van der Waals surface area contributed by atoms with E-state index in [4.69, 9.17) is 39.1 Å². The van der Waals surface area contributed by atoms with Crippen LogP contribution < -0.4 is 0 Å².